The van der Waals surface area contributed by atoms with Gasteiger partial charge in [-0.2, -0.15) is 0 Å². The van der Waals surface area contributed by atoms with Crippen LogP contribution in [0.4, 0.5) is 0 Å². The highest BCUT2D eigenvalue weighted by Gasteiger charge is 2.41. The van der Waals surface area contributed by atoms with Crippen LogP contribution in [0.5, 0.6) is 0 Å². The van der Waals surface area contributed by atoms with Gasteiger partial charge in [-0.25, -0.2) is 0 Å². The third kappa shape index (κ3) is 5.58. The second-order valence-electron chi connectivity index (χ2n) is 21.4. The summed E-state index contributed by atoms with van der Waals surface area (Å²) in [6.45, 7) is 9.77. The lowest BCUT2D eigenvalue weighted by molar-refractivity contribution is 0.661. The molecule has 0 unspecified atom stereocenters. The second kappa shape index (κ2) is 15.0. The molecule has 13 aromatic carbocycles. The molecule has 0 nitrogen and oxygen atoms in total. The standard InChI is InChI=1S/C72H50/c1-71(2)63-39-59(44-21-6-5-7-22-44)49-28-12-16-32-55(49)67(63)68-57-34-18-14-30-51(57)61(41-65(68)71)53-37-38-54(48-27-11-10-26-47(48)53)62-42-66-70(58-35-19-15-31-52(58)62)69-56-33-17-13-29-50(56)60(40-64(69)72(66,3)4)46-36-20-24-43-23-8-9-25-45(43)46/h5-42H,1-4H3. The maximum Gasteiger partial charge on any atom is 0.0159 e. The van der Waals surface area contributed by atoms with Gasteiger partial charge in [-0.3, -0.25) is 0 Å². The first-order valence-corrected chi connectivity index (χ1v) is 25.6. The Morgan fingerprint density at radius 3 is 0.889 bits per heavy atom. The van der Waals surface area contributed by atoms with Crippen molar-refractivity contribution in [2.75, 3.05) is 0 Å². The largest absolute Gasteiger partial charge is 0.0622 e. The van der Waals surface area contributed by atoms with Crippen molar-refractivity contribution in [3.05, 3.63) is 253 Å². The molecule has 0 N–H and O–H groups in total. The fourth-order valence-corrected chi connectivity index (χ4v) is 13.6. The predicted molar refractivity (Wildman–Crippen MR) is 308 cm³/mol. The van der Waals surface area contributed by atoms with Gasteiger partial charge >= 0.3 is 0 Å². The summed E-state index contributed by atoms with van der Waals surface area (Å²) < 4.78 is 0. The Morgan fingerprint density at radius 1 is 0.208 bits per heavy atom. The van der Waals surface area contributed by atoms with Crippen LogP contribution in [-0.4, -0.2) is 0 Å². The van der Waals surface area contributed by atoms with Gasteiger partial charge in [0.15, 0.2) is 0 Å². The topological polar surface area (TPSA) is 0 Å². The number of benzene rings is 13. The third-order valence-corrected chi connectivity index (χ3v) is 17.0. The molecule has 0 saturated carbocycles. The van der Waals surface area contributed by atoms with E-state index < -0.39 is 0 Å². The molecule has 0 saturated heterocycles. The Bertz CT molecular complexity index is 4480. The van der Waals surface area contributed by atoms with E-state index in [9.17, 15) is 0 Å². The van der Waals surface area contributed by atoms with Crippen molar-refractivity contribution in [3.63, 3.8) is 0 Å². The van der Waals surface area contributed by atoms with Crippen LogP contribution in [-0.2, 0) is 10.8 Å². The van der Waals surface area contributed by atoms with Gasteiger partial charge in [0.2, 0.25) is 0 Å². The summed E-state index contributed by atoms with van der Waals surface area (Å²) in [7, 11) is 0. The molecule has 0 bridgehead atoms. The van der Waals surface area contributed by atoms with Gasteiger partial charge in [0.05, 0.1) is 0 Å². The van der Waals surface area contributed by atoms with Crippen LogP contribution in [0.2, 0.25) is 0 Å². The van der Waals surface area contributed by atoms with Crippen molar-refractivity contribution in [3.8, 4) is 66.8 Å². The second-order valence-corrected chi connectivity index (χ2v) is 21.4. The molecule has 0 radical (unpaired) electrons. The first-order valence-electron chi connectivity index (χ1n) is 25.6. The summed E-state index contributed by atoms with van der Waals surface area (Å²) in [5.74, 6) is 0. The zero-order valence-electron chi connectivity index (χ0n) is 40.9. The zero-order chi connectivity index (χ0) is 48.0. The van der Waals surface area contributed by atoms with Crippen LogP contribution in [0.3, 0.4) is 0 Å². The third-order valence-electron chi connectivity index (χ3n) is 17.0. The lowest BCUT2D eigenvalue weighted by Gasteiger charge is -2.25. The molecule has 2 aliphatic carbocycles. The predicted octanol–water partition coefficient (Wildman–Crippen LogP) is 19.9. The average Bonchev–Trinajstić information content (AvgIpc) is 3.81. The Kier molecular flexibility index (Phi) is 8.57. The maximum absolute atomic E-state index is 2.56. The molecular formula is C72H50. The number of hydrogen-bond acceptors (Lipinski definition) is 0. The first kappa shape index (κ1) is 41.2. The van der Waals surface area contributed by atoms with Gasteiger partial charge in [0.25, 0.3) is 0 Å². The molecule has 0 amide bonds. The van der Waals surface area contributed by atoms with E-state index in [0.29, 0.717) is 0 Å². The van der Waals surface area contributed by atoms with Crippen LogP contribution in [0.1, 0.15) is 49.9 Å². The van der Waals surface area contributed by atoms with Crippen LogP contribution >= 0.6 is 0 Å². The molecule has 2 aliphatic rings. The fraction of sp³-hybridized carbons (Fsp3) is 0.0833. The van der Waals surface area contributed by atoms with Crippen molar-refractivity contribution in [2.45, 2.75) is 38.5 Å². The van der Waals surface area contributed by atoms with E-state index in [-0.39, 0.29) is 10.8 Å². The monoisotopic (exact) mass is 914 g/mol. The lowest BCUT2D eigenvalue weighted by atomic mass is 9.78. The molecule has 0 atom stereocenters. The molecule has 0 heterocycles. The van der Waals surface area contributed by atoms with Crippen molar-refractivity contribution in [2.24, 2.45) is 0 Å². The summed E-state index contributed by atoms with van der Waals surface area (Å²) >= 11 is 0. The van der Waals surface area contributed by atoms with Crippen molar-refractivity contribution in [1.82, 2.24) is 0 Å². The molecule has 72 heavy (non-hydrogen) atoms. The molecular weight excluding hydrogens is 865 g/mol. The molecule has 13 aromatic rings. The van der Waals surface area contributed by atoms with Gasteiger partial charge in [-0.05, 0) is 178 Å². The minimum atomic E-state index is -0.260. The van der Waals surface area contributed by atoms with Gasteiger partial charge in [-0.15, -0.1) is 0 Å². The van der Waals surface area contributed by atoms with Crippen LogP contribution in [0.25, 0.3) is 131 Å². The number of fused-ring (bicyclic) bond motifs is 16. The van der Waals surface area contributed by atoms with Gasteiger partial charge in [0.1, 0.15) is 0 Å². The van der Waals surface area contributed by atoms with Crippen molar-refractivity contribution in [1.29, 1.82) is 0 Å². The van der Waals surface area contributed by atoms with Crippen molar-refractivity contribution >= 4 is 64.6 Å². The first-order chi connectivity index (χ1) is 35.3. The van der Waals surface area contributed by atoms with E-state index in [1.165, 1.54) is 154 Å². The van der Waals surface area contributed by atoms with Crippen LogP contribution in [0.15, 0.2) is 231 Å². The summed E-state index contributed by atoms with van der Waals surface area (Å²) in [5.41, 5.74) is 20.8. The summed E-state index contributed by atoms with van der Waals surface area (Å²) in [6, 6.07) is 87.1. The molecule has 15 rings (SSSR count). The van der Waals surface area contributed by atoms with E-state index in [1.807, 2.05) is 0 Å². The van der Waals surface area contributed by atoms with E-state index in [2.05, 4.69) is 258 Å². The Hall–Kier alpha value is -8.58. The molecule has 0 heteroatoms. The highest BCUT2D eigenvalue weighted by molar-refractivity contribution is 6.22. The minimum absolute atomic E-state index is 0.235. The zero-order valence-corrected chi connectivity index (χ0v) is 40.9. The quantitative estimate of drug-likeness (QED) is 0.165. The lowest BCUT2D eigenvalue weighted by Crippen LogP contribution is -2.15. The molecule has 0 aliphatic heterocycles. The van der Waals surface area contributed by atoms with Gasteiger partial charge in [-0.1, -0.05) is 234 Å². The van der Waals surface area contributed by atoms with Crippen LogP contribution < -0.4 is 0 Å². The Labute approximate surface area is 420 Å². The molecule has 0 spiro atoms. The summed E-state index contributed by atoms with van der Waals surface area (Å²) in [4.78, 5) is 0. The fourth-order valence-electron chi connectivity index (χ4n) is 13.6. The summed E-state index contributed by atoms with van der Waals surface area (Å²) in [6.07, 6.45) is 0. The SMILES string of the molecule is CC1(C)c2cc(-c3ccccc3)c3ccccc3c2-c2c1cc(-c1ccc(-c3cc4c(c5ccccc35)-c3c(cc(-c5cccc6ccccc56)c5ccccc35)C4(C)C)c3ccccc13)c1ccccc21. The highest BCUT2D eigenvalue weighted by Crippen LogP contribution is 2.59. The molecule has 338 valence electrons. The number of rotatable bonds is 4. The van der Waals surface area contributed by atoms with E-state index in [1.54, 1.807) is 0 Å². The average molecular weight is 915 g/mol. The van der Waals surface area contributed by atoms with E-state index in [4.69, 9.17) is 0 Å². The van der Waals surface area contributed by atoms with Gasteiger partial charge in [0, 0.05) is 10.8 Å². The van der Waals surface area contributed by atoms with E-state index >= 15 is 0 Å². The maximum atomic E-state index is 2.56. The van der Waals surface area contributed by atoms with Gasteiger partial charge < -0.3 is 0 Å². The van der Waals surface area contributed by atoms with E-state index in [0.717, 1.165) is 0 Å². The van der Waals surface area contributed by atoms with Crippen molar-refractivity contribution < 1.29 is 0 Å². The Balaban J connectivity index is 0.940. The highest BCUT2D eigenvalue weighted by atomic mass is 14.4. The normalized spacial score (nSPS) is 14.1. The van der Waals surface area contributed by atoms with Crippen LogP contribution in [0, 0.1) is 0 Å². The molecule has 0 aromatic heterocycles. The Morgan fingerprint density at radius 2 is 0.486 bits per heavy atom. The number of hydrogen-bond donors (Lipinski definition) is 0. The molecule has 0 fully saturated rings. The summed E-state index contributed by atoms with van der Waals surface area (Å²) in [5, 5.41) is 15.5. The minimum Gasteiger partial charge on any atom is -0.0622 e. The smallest absolute Gasteiger partial charge is 0.0159 e.